The summed E-state index contributed by atoms with van der Waals surface area (Å²) in [5.41, 5.74) is 2.47. The lowest BCUT2D eigenvalue weighted by atomic mass is 10.1. The van der Waals surface area contributed by atoms with Gasteiger partial charge in [-0.25, -0.2) is 8.42 Å². The monoisotopic (exact) mass is 375 g/mol. The van der Waals surface area contributed by atoms with E-state index in [1.165, 1.54) is 4.31 Å². The third-order valence-corrected chi connectivity index (χ3v) is 6.68. The van der Waals surface area contributed by atoms with E-state index in [0.29, 0.717) is 29.3 Å². The summed E-state index contributed by atoms with van der Waals surface area (Å²) in [6.45, 7) is 6.21. The molecule has 0 aliphatic carbocycles. The van der Waals surface area contributed by atoms with Crippen molar-refractivity contribution in [1.82, 2.24) is 4.31 Å². The molecular weight excluding hydrogens is 350 g/mol. The van der Waals surface area contributed by atoms with Gasteiger partial charge < -0.3 is 9.47 Å². The van der Waals surface area contributed by atoms with Gasteiger partial charge in [-0.1, -0.05) is 30.3 Å². The first-order chi connectivity index (χ1) is 12.3. The molecule has 6 heteroatoms. The van der Waals surface area contributed by atoms with Crippen molar-refractivity contribution in [2.45, 2.75) is 37.9 Å². The summed E-state index contributed by atoms with van der Waals surface area (Å²) in [5.74, 6) is 0.693. The largest absolute Gasteiger partial charge is 0.496 e. The molecule has 1 aliphatic heterocycles. The molecule has 1 aliphatic rings. The van der Waals surface area contributed by atoms with E-state index < -0.39 is 10.0 Å². The fraction of sp³-hybridized carbons (Fsp3) is 0.400. The molecular formula is C20H25NO4S. The molecule has 0 bridgehead atoms. The van der Waals surface area contributed by atoms with Crippen LogP contribution in [0.4, 0.5) is 0 Å². The summed E-state index contributed by atoms with van der Waals surface area (Å²) in [5, 5.41) is 0. The van der Waals surface area contributed by atoms with Crippen molar-refractivity contribution in [3.63, 3.8) is 0 Å². The fourth-order valence-corrected chi connectivity index (χ4v) is 5.17. The Morgan fingerprint density at radius 3 is 2.42 bits per heavy atom. The Kier molecular flexibility index (Phi) is 5.37. The van der Waals surface area contributed by atoms with Crippen LogP contribution < -0.4 is 4.74 Å². The van der Waals surface area contributed by atoms with Crippen LogP contribution in [0.15, 0.2) is 47.4 Å². The zero-order chi connectivity index (χ0) is 18.9. The van der Waals surface area contributed by atoms with Crippen LogP contribution in [0.5, 0.6) is 5.75 Å². The van der Waals surface area contributed by atoms with E-state index in [9.17, 15) is 8.42 Å². The number of ether oxygens (including phenoxy) is 2. The Morgan fingerprint density at radius 1 is 1.08 bits per heavy atom. The van der Waals surface area contributed by atoms with Gasteiger partial charge in [-0.3, -0.25) is 0 Å². The Hall–Kier alpha value is -1.89. The number of nitrogens with zero attached hydrogens (tertiary/aromatic N) is 1. The highest BCUT2D eigenvalue weighted by Crippen LogP contribution is 2.32. The van der Waals surface area contributed by atoms with Crippen LogP contribution in [0.25, 0.3) is 0 Å². The third-order valence-electron chi connectivity index (χ3n) is 4.71. The number of aryl methyl sites for hydroxylation is 2. The number of rotatable bonds is 4. The summed E-state index contributed by atoms with van der Waals surface area (Å²) < 4.78 is 39.5. The minimum atomic E-state index is -3.62. The molecule has 0 amide bonds. The van der Waals surface area contributed by atoms with Crippen LogP contribution in [-0.4, -0.2) is 39.0 Å². The molecule has 2 unspecified atom stereocenters. The smallest absolute Gasteiger partial charge is 0.243 e. The minimum absolute atomic E-state index is 0.177. The van der Waals surface area contributed by atoms with Crippen molar-refractivity contribution in [3.05, 3.63) is 59.2 Å². The molecule has 0 spiro atoms. The zero-order valence-corrected chi connectivity index (χ0v) is 16.4. The topological polar surface area (TPSA) is 55.8 Å². The maximum atomic E-state index is 13.3. The number of sulfonamides is 1. The second-order valence-electron chi connectivity index (χ2n) is 6.76. The average molecular weight is 375 g/mol. The van der Waals surface area contributed by atoms with Crippen molar-refractivity contribution in [1.29, 1.82) is 0 Å². The Balaban J connectivity index is 1.95. The van der Waals surface area contributed by atoms with Gasteiger partial charge in [-0.2, -0.15) is 4.31 Å². The molecule has 140 valence electrons. The number of methoxy groups -OCH3 is 1. The Labute approximate surface area is 155 Å². The number of morpholine rings is 1. The standard InChI is InChI=1S/C20H25NO4S/c1-14-11-20(15(2)10-18(14)24-4)26(22,23)21-12-16(3)25-19(13-21)17-8-6-5-7-9-17/h5-11,16,19H,12-13H2,1-4H3. The molecule has 3 rings (SSSR count). The molecule has 1 heterocycles. The van der Waals surface area contributed by atoms with E-state index in [4.69, 9.17) is 9.47 Å². The molecule has 0 saturated carbocycles. The zero-order valence-electron chi connectivity index (χ0n) is 15.6. The molecule has 5 nitrogen and oxygen atoms in total. The SMILES string of the molecule is COc1cc(C)c(S(=O)(=O)N2CC(C)OC(c3ccccc3)C2)cc1C. The summed E-state index contributed by atoms with van der Waals surface area (Å²) in [7, 11) is -2.03. The predicted octanol–water partition coefficient (Wildman–Crippen LogP) is 3.46. The highest BCUT2D eigenvalue weighted by molar-refractivity contribution is 7.89. The summed E-state index contributed by atoms with van der Waals surface area (Å²) in [4.78, 5) is 0.330. The summed E-state index contributed by atoms with van der Waals surface area (Å²) in [6.07, 6.45) is -0.447. The van der Waals surface area contributed by atoms with E-state index in [1.807, 2.05) is 44.2 Å². The number of hydrogen-bond acceptors (Lipinski definition) is 4. The average Bonchev–Trinajstić information content (AvgIpc) is 2.63. The first-order valence-electron chi connectivity index (χ1n) is 8.68. The van der Waals surface area contributed by atoms with Crippen molar-refractivity contribution < 1.29 is 17.9 Å². The summed E-state index contributed by atoms with van der Waals surface area (Å²) in [6, 6.07) is 13.2. The minimum Gasteiger partial charge on any atom is -0.496 e. The fourth-order valence-electron chi connectivity index (χ4n) is 3.36. The van der Waals surface area contributed by atoms with E-state index in [0.717, 1.165) is 11.1 Å². The lowest BCUT2D eigenvalue weighted by molar-refractivity contribution is -0.0557. The van der Waals surface area contributed by atoms with Crippen LogP contribution >= 0.6 is 0 Å². The second kappa shape index (κ2) is 7.39. The molecule has 26 heavy (non-hydrogen) atoms. The molecule has 2 atom stereocenters. The van der Waals surface area contributed by atoms with Gasteiger partial charge in [0, 0.05) is 13.1 Å². The van der Waals surface area contributed by atoms with Crippen LogP contribution in [0, 0.1) is 13.8 Å². The van der Waals surface area contributed by atoms with Crippen LogP contribution in [0.3, 0.4) is 0 Å². The molecule has 0 N–H and O–H groups in total. The first-order valence-corrected chi connectivity index (χ1v) is 10.1. The number of hydrogen-bond donors (Lipinski definition) is 0. The van der Waals surface area contributed by atoms with Crippen molar-refractivity contribution in [3.8, 4) is 5.75 Å². The van der Waals surface area contributed by atoms with Crippen LogP contribution in [-0.2, 0) is 14.8 Å². The van der Waals surface area contributed by atoms with E-state index >= 15 is 0 Å². The maximum absolute atomic E-state index is 13.3. The van der Waals surface area contributed by atoms with Crippen molar-refractivity contribution in [2.75, 3.05) is 20.2 Å². The number of benzene rings is 2. The summed E-state index contributed by atoms with van der Waals surface area (Å²) >= 11 is 0. The maximum Gasteiger partial charge on any atom is 0.243 e. The van der Waals surface area contributed by atoms with Gasteiger partial charge in [0.1, 0.15) is 5.75 Å². The highest BCUT2D eigenvalue weighted by atomic mass is 32.2. The molecule has 0 aromatic heterocycles. The molecule has 2 aromatic carbocycles. The first kappa shape index (κ1) is 18.9. The quantitative estimate of drug-likeness (QED) is 0.821. The van der Waals surface area contributed by atoms with E-state index in [-0.39, 0.29) is 12.2 Å². The normalized spacial score (nSPS) is 21.5. The molecule has 2 aromatic rings. The van der Waals surface area contributed by atoms with Crippen LogP contribution in [0.1, 0.15) is 29.7 Å². The Morgan fingerprint density at radius 2 is 1.77 bits per heavy atom. The van der Waals surface area contributed by atoms with Gasteiger partial charge in [-0.05, 0) is 49.6 Å². The van der Waals surface area contributed by atoms with Gasteiger partial charge in [0.05, 0.1) is 24.2 Å². The van der Waals surface area contributed by atoms with Gasteiger partial charge in [0.25, 0.3) is 0 Å². The molecule has 1 fully saturated rings. The van der Waals surface area contributed by atoms with E-state index in [2.05, 4.69) is 0 Å². The van der Waals surface area contributed by atoms with E-state index in [1.54, 1.807) is 26.2 Å². The third kappa shape index (κ3) is 3.63. The van der Waals surface area contributed by atoms with Gasteiger partial charge in [0.15, 0.2) is 0 Å². The van der Waals surface area contributed by atoms with Gasteiger partial charge in [-0.15, -0.1) is 0 Å². The van der Waals surface area contributed by atoms with Crippen molar-refractivity contribution >= 4 is 10.0 Å². The highest BCUT2D eigenvalue weighted by Gasteiger charge is 2.35. The second-order valence-corrected chi connectivity index (χ2v) is 8.66. The molecule has 0 radical (unpaired) electrons. The lowest BCUT2D eigenvalue weighted by Gasteiger charge is -2.36. The van der Waals surface area contributed by atoms with Gasteiger partial charge >= 0.3 is 0 Å². The predicted molar refractivity (Wildman–Crippen MR) is 101 cm³/mol. The Bertz CT molecular complexity index is 880. The lowest BCUT2D eigenvalue weighted by Crippen LogP contribution is -2.46. The molecule has 1 saturated heterocycles. The van der Waals surface area contributed by atoms with Crippen molar-refractivity contribution in [2.24, 2.45) is 0 Å². The van der Waals surface area contributed by atoms with Crippen LogP contribution in [0.2, 0.25) is 0 Å². The van der Waals surface area contributed by atoms with Gasteiger partial charge in [0.2, 0.25) is 10.0 Å².